The maximum Gasteiger partial charge on any atom is 0.339 e. The second kappa shape index (κ2) is 14.5. The molecule has 0 spiro atoms. The van der Waals surface area contributed by atoms with Crippen LogP contribution in [-0.2, 0) is 4.57 Å². The number of nitrogens with one attached hydrogen (secondary N) is 1. The minimum absolute atomic E-state index is 0.104. The summed E-state index contributed by atoms with van der Waals surface area (Å²) in [6, 6.07) is 11.1. The molecule has 19 heteroatoms. The average Bonchev–Trinajstić information content (AvgIpc) is 2.65. The standard InChI is InChI=1S/C8H4BrClN2.C8H5BrN2O.Cl5P.Cl3OP/c9-5-1-2-6-7(3-5)11-4-12-8(6)10;9-5-1-2-6-7(3-5)10-4-11-8(6)12;1-6(2,3,4)5;1-5(2,3)4/h1-4H;1-4H,(H,10,11,12);;. The van der Waals surface area contributed by atoms with Crippen LogP contribution in [0.1, 0.15) is 0 Å². The summed E-state index contributed by atoms with van der Waals surface area (Å²) in [5, 5.41) is -1.24. The van der Waals surface area contributed by atoms with Gasteiger partial charge in [0.2, 0.25) is 0 Å². The smallest absolute Gasteiger partial charge is 0.313 e. The Morgan fingerprint density at radius 2 is 1.23 bits per heavy atom. The molecule has 2 heterocycles. The first-order valence-corrected chi connectivity index (χ1v) is 21.4. The molecule has 0 bridgehead atoms. The minimum atomic E-state index is -3.69. The summed E-state index contributed by atoms with van der Waals surface area (Å²) in [7, 11) is 0. The average molecular weight is 830 g/mol. The van der Waals surface area contributed by atoms with E-state index in [2.05, 4.69) is 85.5 Å². The number of hydrogen-bond donors (Lipinski definition) is 1. The van der Waals surface area contributed by atoms with Gasteiger partial charge in [-0.1, -0.05) is 43.5 Å². The third-order valence-corrected chi connectivity index (χ3v) is 4.44. The zero-order valence-corrected chi connectivity index (χ0v) is 28.1. The Kier molecular flexibility index (Phi) is 14.2. The maximum atomic E-state index is 11.2. The SMILES string of the molecule is ClP(Cl)(Cl)(Cl)Cl.Clc1ncnc2cc(Br)ccc12.O=P(Cl)(Cl)Cl.O=c1[nH]cnc2cc(Br)ccc12. The summed E-state index contributed by atoms with van der Waals surface area (Å²) in [5.74, 6) is 0. The predicted molar refractivity (Wildman–Crippen MR) is 164 cm³/mol. The van der Waals surface area contributed by atoms with Crippen LogP contribution in [0.5, 0.6) is 0 Å². The number of H-pyrrole nitrogens is 1. The van der Waals surface area contributed by atoms with Gasteiger partial charge in [0, 0.05) is 14.3 Å². The molecule has 2 aromatic heterocycles. The number of hydrogen-bond acceptors (Lipinski definition) is 5. The molecular formula is C16H9Br2Cl9N4O2P2. The van der Waals surface area contributed by atoms with Crippen molar-refractivity contribution in [2.24, 2.45) is 0 Å². The maximum absolute atomic E-state index is 11.2. The Labute approximate surface area is 259 Å². The minimum Gasteiger partial charge on any atom is -0.313 e. The molecule has 0 saturated carbocycles. The molecule has 0 fully saturated rings. The van der Waals surface area contributed by atoms with E-state index in [4.69, 9.17) is 67.8 Å². The van der Waals surface area contributed by atoms with Crippen LogP contribution in [0.3, 0.4) is 0 Å². The molecule has 4 rings (SSSR count). The molecule has 35 heavy (non-hydrogen) atoms. The van der Waals surface area contributed by atoms with Crippen molar-refractivity contribution >= 4 is 164 Å². The first-order chi connectivity index (χ1) is 15.8. The molecule has 0 atom stereocenters. The van der Waals surface area contributed by atoms with Gasteiger partial charge in [0.1, 0.15) is 11.5 Å². The summed E-state index contributed by atoms with van der Waals surface area (Å²) in [4.78, 5) is 25.7. The number of fused-ring (bicyclic) bond motifs is 2. The van der Waals surface area contributed by atoms with E-state index < -0.39 is 8.57 Å². The Bertz CT molecular complexity index is 1390. The number of aromatic nitrogens is 4. The molecule has 1 N–H and O–H groups in total. The van der Waals surface area contributed by atoms with Gasteiger partial charge >= 0.3 is 64.8 Å². The fourth-order valence-corrected chi connectivity index (χ4v) is 2.94. The van der Waals surface area contributed by atoms with Crippen LogP contribution in [0.25, 0.3) is 21.8 Å². The van der Waals surface area contributed by atoms with Crippen LogP contribution in [0.4, 0.5) is 0 Å². The molecule has 0 saturated heterocycles. The number of rotatable bonds is 0. The van der Waals surface area contributed by atoms with Gasteiger partial charge < -0.3 is 4.98 Å². The van der Waals surface area contributed by atoms with Crippen molar-refractivity contribution in [1.82, 2.24) is 19.9 Å². The van der Waals surface area contributed by atoms with Gasteiger partial charge in [0.05, 0.1) is 22.7 Å². The van der Waals surface area contributed by atoms with Gasteiger partial charge in [0.25, 0.3) is 5.56 Å². The molecule has 0 aliphatic heterocycles. The van der Waals surface area contributed by atoms with E-state index in [1.165, 1.54) is 12.7 Å². The topological polar surface area (TPSA) is 88.6 Å². The van der Waals surface area contributed by atoms with Crippen LogP contribution in [0.2, 0.25) is 5.15 Å². The van der Waals surface area contributed by atoms with E-state index in [9.17, 15) is 9.36 Å². The van der Waals surface area contributed by atoms with Gasteiger partial charge in [-0.3, -0.25) is 9.36 Å². The summed E-state index contributed by atoms with van der Waals surface area (Å²) in [6.45, 7) is 0. The Balaban J connectivity index is 0.000000251. The molecular weight excluding hydrogens is 821 g/mol. The summed E-state index contributed by atoms with van der Waals surface area (Å²) < 4.78 is 7.74. The Morgan fingerprint density at radius 1 is 0.800 bits per heavy atom. The van der Waals surface area contributed by atoms with E-state index in [0.29, 0.717) is 16.1 Å². The van der Waals surface area contributed by atoms with Crippen molar-refractivity contribution in [1.29, 1.82) is 0 Å². The van der Waals surface area contributed by atoms with Crippen molar-refractivity contribution in [2.75, 3.05) is 0 Å². The number of nitrogens with zero attached hydrogens (tertiary/aromatic N) is 3. The van der Waals surface area contributed by atoms with Crippen LogP contribution >= 0.6 is 142 Å². The van der Waals surface area contributed by atoms with Gasteiger partial charge in [-0.2, -0.15) is 0 Å². The predicted octanol–water partition coefficient (Wildman–Crippen LogP) is 11.9. The molecule has 192 valence electrons. The molecule has 0 aliphatic rings. The van der Waals surface area contributed by atoms with Crippen LogP contribution < -0.4 is 5.56 Å². The third kappa shape index (κ3) is 17.4. The van der Waals surface area contributed by atoms with E-state index in [1.807, 2.05) is 30.3 Å². The van der Waals surface area contributed by atoms with Crippen molar-refractivity contribution < 1.29 is 4.57 Å². The fourth-order valence-electron chi connectivity index (χ4n) is 2.04. The Morgan fingerprint density at radius 3 is 1.71 bits per heavy atom. The van der Waals surface area contributed by atoms with Gasteiger partial charge in [0.15, 0.2) is 0 Å². The van der Waals surface area contributed by atoms with E-state index >= 15 is 0 Å². The zero-order chi connectivity index (χ0) is 27.1. The van der Waals surface area contributed by atoms with Crippen molar-refractivity contribution in [2.45, 2.75) is 0 Å². The zero-order valence-electron chi connectivity index (χ0n) is 16.3. The normalized spacial score (nSPS) is 12.1. The van der Waals surface area contributed by atoms with Gasteiger partial charge in [-0.25, -0.2) is 15.0 Å². The largest absolute Gasteiger partial charge is 0.339 e. The second-order valence-electron chi connectivity index (χ2n) is 5.76. The van der Waals surface area contributed by atoms with Crippen molar-refractivity contribution in [3.05, 3.63) is 73.5 Å². The first-order valence-electron chi connectivity index (χ1n) is 8.27. The summed E-state index contributed by atoms with van der Waals surface area (Å²) >= 11 is 51.2. The molecule has 0 radical (unpaired) electrons. The molecule has 0 amide bonds. The second-order valence-corrected chi connectivity index (χ2v) is 31.2. The van der Waals surface area contributed by atoms with E-state index in [1.54, 1.807) is 6.07 Å². The molecule has 4 aromatic rings. The third-order valence-electron chi connectivity index (χ3n) is 3.15. The Hall–Kier alpha value is 1.15. The summed E-state index contributed by atoms with van der Waals surface area (Å²) in [6.07, 6.45) is 2.86. The monoisotopic (exact) mass is 824 g/mol. The van der Waals surface area contributed by atoms with Gasteiger partial charge in [-0.05, 0) is 70.1 Å². The van der Waals surface area contributed by atoms with E-state index in [-0.39, 0.29) is 5.56 Å². The van der Waals surface area contributed by atoms with Crippen molar-refractivity contribution in [3.8, 4) is 0 Å². The number of benzene rings is 2. The number of halogens is 11. The first kappa shape index (κ1) is 34.2. The quantitative estimate of drug-likeness (QED) is 0.141. The van der Waals surface area contributed by atoms with E-state index in [0.717, 1.165) is 19.8 Å². The van der Waals surface area contributed by atoms with Crippen LogP contribution in [0.15, 0.2) is 62.8 Å². The molecule has 0 unspecified atom stereocenters. The number of aromatic amines is 1. The summed E-state index contributed by atoms with van der Waals surface area (Å²) in [5.41, 5.74) is 1.45. The van der Waals surface area contributed by atoms with Crippen LogP contribution in [0, 0.1) is 0 Å². The molecule has 0 aliphatic carbocycles. The fraction of sp³-hybridized carbons (Fsp3) is 0. The molecule has 2 aromatic carbocycles. The van der Waals surface area contributed by atoms with Gasteiger partial charge in [-0.15, -0.1) is 0 Å². The van der Waals surface area contributed by atoms with Crippen LogP contribution in [-0.4, -0.2) is 19.9 Å². The van der Waals surface area contributed by atoms with Crippen molar-refractivity contribution in [3.63, 3.8) is 0 Å². The molecule has 6 nitrogen and oxygen atoms in total.